The summed E-state index contributed by atoms with van der Waals surface area (Å²) in [5, 5.41) is 1.57. The number of nitrogens with two attached hydrogens (primary N) is 1. The maximum atomic E-state index is 10.7. The van der Waals surface area contributed by atoms with Crippen LogP contribution in [-0.4, -0.2) is 18.0 Å². The smallest absolute Gasteiger partial charge is 0.217 e. The van der Waals surface area contributed by atoms with Crippen molar-refractivity contribution < 1.29 is 9.53 Å². The Bertz CT molecular complexity index is 578. The molecule has 0 radical (unpaired) electrons. The molecule has 2 aromatic rings. The van der Waals surface area contributed by atoms with Crippen LogP contribution in [0.15, 0.2) is 18.3 Å². The molecule has 0 bridgehead atoms. The molecule has 0 saturated carbocycles. The fourth-order valence-electron chi connectivity index (χ4n) is 2.08. The average Bonchev–Trinajstić information content (AvgIpc) is 2.72. The number of nitrogens with one attached hydrogen (secondary N) is 1. The Labute approximate surface area is 110 Å². The van der Waals surface area contributed by atoms with Crippen LogP contribution in [0.1, 0.15) is 18.4 Å². The molecule has 96 valence electrons. The minimum Gasteiger partial charge on any atom is -0.494 e. The van der Waals surface area contributed by atoms with E-state index in [2.05, 4.69) is 4.98 Å². The highest BCUT2D eigenvalue weighted by molar-refractivity contribution is 6.33. The third kappa shape index (κ3) is 2.43. The topological polar surface area (TPSA) is 68.1 Å². The number of H-pyrrole nitrogens is 1. The number of aromatic nitrogens is 1. The van der Waals surface area contributed by atoms with Gasteiger partial charge in [-0.2, -0.15) is 0 Å². The highest BCUT2D eigenvalue weighted by Gasteiger charge is 2.12. The van der Waals surface area contributed by atoms with Gasteiger partial charge in [-0.15, -0.1) is 0 Å². The van der Waals surface area contributed by atoms with E-state index in [0.717, 1.165) is 29.3 Å². The van der Waals surface area contributed by atoms with E-state index in [4.69, 9.17) is 22.1 Å². The standard InChI is InChI=1S/C13H15ClN2O2/c1-18-13-9(14)5-6-10-12(13)8(7-16-10)3-2-4-11(15)17/h5-7,16H,2-4H2,1H3,(H2,15,17). The predicted molar refractivity (Wildman–Crippen MR) is 72.0 cm³/mol. The van der Waals surface area contributed by atoms with Crippen LogP contribution in [-0.2, 0) is 11.2 Å². The van der Waals surface area contributed by atoms with Crippen molar-refractivity contribution in [3.63, 3.8) is 0 Å². The minimum atomic E-state index is -0.278. The molecular formula is C13H15ClN2O2. The fraction of sp³-hybridized carbons (Fsp3) is 0.308. The van der Waals surface area contributed by atoms with Crippen LogP contribution in [0.4, 0.5) is 0 Å². The number of benzene rings is 1. The number of ether oxygens (including phenoxy) is 1. The van der Waals surface area contributed by atoms with Gasteiger partial charge >= 0.3 is 0 Å². The summed E-state index contributed by atoms with van der Waals surface area (Å²) >= 11 is 6.10. The van der Waals surface area contributed by atoms with Crippen LogP contribution < -0.4 is 10.5 Å². The molecule has 1 heterocycles. The van der Waals surface area contributed by atoms with Gasteiger partial charge in [0.15, 0.2) is 0 Å². The molecule has 5 heteroatoms. The number of primary amides is 1. The molecule has 1 aromatic heterocycles. The molecule has 0 unspecified atom stereocenters. The van der Waals surface area contributed by atoms with E-state index in [0.29, 0.717) is 17.2 Å². The van der Waals surface area contributed by atoms with E-state index in [1.807, 2.05) is 12.3 Å². The predicted octanol–water partition coefficient (Wildman–Crippen LogP) is 2.64. The van der Waals surface area contributed by atoms with Crippen LogP contribution in [0.2, 0.25) is 5.02 Å². The summed E-state index contributed by atoms with van der Waals surface area (Å²) in [7, 11) is 1.60. The number of rotatable bonds is 5. The van der Waals surface area contributed by atoms with Gasteiger partial charge in [0.05, 0.1) is 12.1 Å². The first-order chi connectivity index (χ1) is 8.63. The van der Waals surface area contributed by atoms with Crippen LogP contribution in [0.3, 0.4) is 0 Å². The zero-order valence-corrected chi connectivity index (χ0v) is 10.9. The Morgan fingerprint density at radius 2 is 2.28 bits per heavy atom. The molecule has 0 spiro atoms. The summed E-state index contributed by atoms with van der Waals surface area (Å²) in [6.07, 6.45) is 3.79. The van der Waals surface area contributed by atoms with Crippen molar-refractivity contribution in [2.45, 2.75) is 19.3 Å². The van der Waals surface area contributed by atoms with E-state index in [9.17, 15) is 4.79 Å². The van der Waals surface area contributed by atoms with Crippen molar-refractivity contribution in [2.24, 2.45) is 5.73 Å². The van der Waals surface area contributed by atoms with Crippen LogP contribution in [0.5, 0.6) is 5.75 Å². The van der Waals surface area contributed by atoms with Gasteiger partial charge in [0, 0.05) is 23.5 Å². The Kier molecular flexibility index (Phi) is 3.77. The summed E-state index contributed by atoms with van der Waals surface area (Å²) in [6, 6.07) is 3.71. The summed E-state index contributed by atoms with van der Waals surface area (Å²) in [4.78, 5) is 13.9. The first kappa shape index (κ1) is 12.8. The summed E-state index contributed by atoms with van der Waals surface area (Å²) in [5.74, 6) is 0.393. The Morgan fingerprint density at radius 3 is 2.94 bits per heavy atom. The first-order valence-corrected chi connectivity index (χ1v) is 6.12. The van der Waals surface area contributed by atoms with Crippen LogP contribution in [0, 0.1) is 0 Å². The molecule has 0 aliphatic carbocycles. The molecule has 2 rings (SSSR count). The lowest BCUT2D eigenvalue weighted by Crippen LogP contribution is -2.10. The molecule has 1 amide bonds. The van der Waals surface area contributed by atoms with Crippen molar-refractivity contribution in [3.8, 4) is 5.75 Å². The number of carbonyl (C=O) groups is 1. The highest BCUT2D eigenvalue weighted by Crippen LogP contribution is 2.35. The molecule has 0 atom stereocenters. The van der Waals surface area contributed by atoms with Crippen molar-refractivity contribution in [1.82, 2.24) is 4.98 Å². The van der Waals surface area contributed by atoms with Gasteiger partial charge in [-0.05, 0) is 30.5 Å². The number of halogens is 1. The second kappa shape index (κ2) is 5.31. The van der Waals surface area contributed by atoms with E-state index >= 15 is 0 Å². The number of hydrogen-bond donors (Lipinski definition) is 2. The third-order valence-electron chi connectivity index (χ3n) is 2.91. The Hall–Kier alpha value is -1.68. The maximum Gasteiger partial charge on any atom is 0.217 e. The summed E-state index contributed by atoms with van der Waals surface area (Å²) in [5.41, 5.74) is 7.20. The highest BCUT2D eigenvalue weighted by atomic mass is 35.5. The van der Waals surface area contributed by atoms with Gasteiger partial charge in [-0.25, -0.2) is 0 Å². The largest absolute Gasteiger partial charge is 0.494 e. The van der Waals surface area contributed by atoms with Gasteiger partial charge in [-0.3, -0.25) is 4.79 Å². The second-order valence-electron chi connectivity index (χ2n) is 4.14. The molecule has 0 aliphatic rings. The Balaban J connectivity index is 2.33. The molecule has 18 heavy (non-hydrogen) atoms. The summed E-state index contributed by atoms with van der Waals surface area (Å²) in [6.45, 7) is 0. The normalized spacial score (nSPS) is 10.8. The molecule has 0 aliphatic heterocycles. The summed E-state index contributed by atoms with van der Waals surface area (Å²) < 4.78 is 5.34. The van der Waals surface area contributed by atoms with E-state index in [1.165, 1.54) is 0 Å². The number of aryl methyl sites for hydroxylation is 1. The lowest BCUT2D eigenvalue weighted by molar-refractivity contribution is -0.118. The number of hydrogen-bond acceptors (Lipinski definition) is 2. The molecular weight excluding hydrogens is 252 g/mol. The lowest BCUT2D eigenvalue weighted by atomic mass is 10.1. The number of aromatic amines is 1. The second-order valence-corrected chi connectivity index (χ2v) is 4.54. The Morgan fingerprint density at radius 1 is 1.50 bits per heavy atom. The lowest BCUT2D eigenvalue weighted by Gasteiger charge is -2.06. The molecule has 1 aromatic carbocycles. The average molecular weight is 267 g/mol. The first-order valence-electron chi connectivity index (χ1n) is 5.74. The number of carbonyl (C=O) groups excluding carboxylic acids is 1. The van der Waals surface area contributed by atoms with Gasteiger partial charge in [0.25, 0.3) is 0 Å². The van der Waals surface area contributed by atoms with Crippen LogP contribution >= 0.6 is 11.6 Å². The molecule has 0 saturated heterocycles. The maximum absolute atomic E-state index is 10.7. The van der Waals surface area contributed by atoms with Gasteiger partial charge in [0.2, 0.25) is 5.91 Å². The molecule has 0 fully saturated rings. The van der Waals surface area contributed by atoms with Gasteiger partial charge < -0.3 is 15.5 Å². The van der Waals surface area contributed by atoms with E-state index in [1.54, 1.807) is 13.2 Å². The van der Waals surface area contributed by atoms with E-state index < -0.39 is 0 Å². The third-order valence-corrected chi connectivity index (χ3v) is 3.20. The number of methoxy groups -OCH3 is 1. The molecule has 3 N–H and O–H groups in total. The zero-order chi connectivity index (χ0) is 13.1. The monoisotopic (exact) mass is 266 g/mol. The SMILES string of the molecule is COc1c(Cl)ccc2[nH]cc(CCCC(N)=O)c12. The zero-order valence-electron chi connectivity index (χ0n) is 10.1. The fourth-order valence-corrected chi connectivity index (χ4v) is 2.32. The van der Waals surface area contributed by atoms with Gasteiger partial charge in [-0.1, -0.05) is 11.6 Å². The number of fused-ring (bicyclic) bond motifs is 1. The van der Waals surface area contributed by atoms with Gasteiger partial charge in [0.1, 0.15) is 5.75 Å². The van der Waals surface area contributed by atoms with Crippen LogP contribution in [0.25, 0.3) is 10.9 Å². The number of amides is 1. The van der Waals surface area contributed by atoms with Crippen molar-refractivity contribution in [2.75, 3.05) is 7.11 Å². The van der Waals surface area contributed by atoms with Crippen molar-refractivity contribution in [1.29, 1.82) is 0 Å². The molecule has 4 nitrogen and oxygen atoms in total. The van der Waals surface area contributed by atoms with Crippen molar-refractivity contribution in [3.05, 3.63) is 28.9 Å². The minimum absolute atomic E-state index is 0.278. The quantitative estimate of drug-likeness (QED) is 0.874. The van der Waals surface area contributed by atoms with Crippen molar-refractivity contribution >= 4 is 28.4 Å². The van der Waals surface area contributed by atoms with E-state index in [-0.39, 0.29) is 5.91 Å².